The van der Waals surface area contributed by atoms with Crippen molar-refractivity contribution >= 4 is 34.0 Å². The van der Waals surface area contributed by atoms with E-state index in [0.29, 0.717) is 36.1 Å². The smallest absolute Gasteiger partial charge is 0.273 e. The van der Waals surface area contributed by atoms with Crippen molar-refractivity contribution in [1.82, 2.24) is 15.2 Å². The standard InChI is InChI=1S/C19H23FN4O2S/c1-2-9-21-17(25)13-4-3-10-24(11-13)18(26)16-12-27-19(23-16)22-15-7-5-14(20)6-8-15/h5-8,12-13H,2-4,9-11H2,1H3,(H,21,25)(H,22,23). The summed E-state index contributed by atoms with van der Waals surface area (Å²) in [5, 5.41) is 8.25. The molecule has 1 aromatic carbocycles. The maximum absolute atomic E-state index is 13.0. The van der Waals surface area contributed by atoms with Crippen LogP contribution in [0.15, 0.2) is 29.6 Å². The van der Waals surface area contributed by atoms with Crippen LogP contribution in [-0.4, -0.2) is 41.3 Å². The van der Waals surface area contributed by atoms with Crippen LogP contribution < -0.4 is 10.6 Å². The molecule has 1 aliphatic rings. The molecule has 2 amide bonds. The van der Waals surface area contributed by atoms with Crippen molar-refractivity contribution in [2.45, 2.75) is 26.2 Å². The fourth-order valence-corrected chi connectivity index (χ4v) is 3.72. The highest BCUT2D eigenvalue weighted by molar-refractivity contribution is 7.14. The first-order chi connectivity index (χ1) is 13.1. The first kappa shape index (κ1) is 19.3. The van der Waals surface area contributed by atoms with E-state index in [1.54, 1.807) is 22.4 Å². The molecule has 1 fully saturated rings. The largest absolute Gasteiger partial charge is 0.356 e. The second kappa shape index (κ2) is 8.94. The summed E-state index contributed by atoms with van der Waals surface area (Å²) in [5.41, 5.74) is 1.06. The van der Waals surface area contributed by atoms with Crippen molar-refractivity contribution in [2.24, 2.45) is 5.92 Å². The molecule has 2 heterocycles. The lowest BCUT2D eigenvalue weighted by Crippen LogP contribution is -2.45. The Morgan fingerprint density at radius 2 is 2.11 bits per heavy atom. The van der Waals surface area contributed by atoms with Crippen LogP contribution in [0.5, 0.6) is 0 Å². The third kappa shape index (κ3) is 5.03. The number of thiazole rings is 1. The molecular weight excluding hydrogens is 367 g/mol. The van der Waals surface area contributed by atoms with Gasteiger partial charge in [-0.25, -0.2) is 9.37 Å². The van der Waals surface area contributed by atoms with E-state index in [-0.39, 0.29) is 23.5 Å². The number of hydrogen-bond acceptors (Lipinski definition) is 5. The first-order valence-corrected chi connectivity index (χ1v) is 10.00. The number of aromatic nitrogens is 1. The molecule has 144 valence electrons. The molecule has 1 atom stereocenters. The maximum atomic E-state index is 13.0. The van der Waals surface area contributed by atoms with Crippen molar-refractivity contribution < 1.29 is 14.0 Å². The van der Waals surface area contributed by atoms with Crippen molar-refractivity contribution in [3.8, 4) is 0 Å². The predicted octanol–water partition coefficient (Wildman–Crippen LogP) is 3.40. The number of halogens is 1. The fourth-order valence-electron chi connectivity index (χ4n) is 3.02. The van der Waals surface area contributed by atoms with Gasteiger partial charge < -0.3 is 15.5 Å². The molecule has 0 aliphatic carbocycles. The highest BCUT2D eigenvalue weighted by Gasteiger charge is 2.29. The van der Waals surface area contributed by atoms with Gasteiger partial charge in [-0.05, 0) is 43.5 Å². The van der Waals surface area contributed by atoms with Gasteiger partial charge in [-0.15, -0.1) is 11.3 Å². The summed E-state index contributed by atoms with van der Waals surface area (Å²) in [6, 6.07) is 5.95. The topological polar surface area (TPSA) is 74.3 Å². The van der Waals surface area contributed by atoms with Crippen LogP contribution in [0.1, 0.15) is 36.7 Å². The average Bonchev–Trinajstić information content (AvgIpc) is 3.16. The molecule has 0 spiro atoms. The van der Waals surface area contributed by atoms with Crippen molar-refractivity contribution in [1.29, 1.82) is 0 Å². The van der Waals surface area contributed by atoms with E-state index in [0.717, 1.165) is 19.3 Å². The van der Waals surface area contributed by atoms with E-state index in [1.165, 1.54) is 23.5 Å². The third-order valence-corrected chi connectivity index (χ3v) is 5.21. The first-order valence-electron chi connectivity index (χ1n) is 9.12. The normalized spacial score (nSPS) is 16.8. The summed E-state index contributed by atoms with van der Waals surface area (Å²) in [6.07, 6.45) is 2.50. The summed E-state index contributed by atoms with van der Waals surface area (Å²) in [4.78, 5) is 31.0. The van der Waals surface area contributed by atoms with Gasteiger partial charge in [-0.1, -0.05) is 6.92 Å². The molecule has 0 saturated carbocycles. The molecular formula is C19H23FN4O2S. The van der Waals surface area contributed by atoms with Crippen LogP contribution >= 0.6 is 11.3 Å². The average molecular weight is 390 g/mol. The van der Waals surface area contributed by atoms with Gasteiger partial charge in [0.15, 0.2) is 5.13 Å². The van der Waals surface area contributed by atoms with Crippen molar-refractivity contribution in [3.63, 3.8) is 0 Å². The van der Waals surface area contributed by atoms with Crippen LogP contribution in [0.4, 0.5) is 15.2 Å². The number of carbonyl (C=O) groups excluding carboxylic acids is 2. The summed E-state index contributed by atoms with van der Waals surface area (Å²) in [7, 11) is 0. The summed E-state index contributed by atoms with van der Waals surface area (Å²) in [5.74, 6) is -0.611. The zero-order chi connectivity index (χ0) is 19.2. The number of piperidine rings is 1. The third-order valence-electron chi connectivity index (χ3n) is 4.45. The van der Waals surface area contributed by atoms with Crippen LogP contribution in [0.2, 0.25) is 0 Å². The molecule has 0 bridgehead atoms. The molecule has 3 rings (SSSR count). The second-order valence-corrected chi connectivity index (χ2v) is 7.41. The Morgan fingerprint density at radius 3 is 2.85 bits per heavy atom. The quantitative estimate of drug-likeness (QED) is 0.793. The highest BCUT2D eigenvalue weighted by atomic mass is 32.1. The number of benzene rings is 1. The molecule has 2 N–H and O–H groups in total. The molecule has 0 radical (unpaired) electrons. The maximum Gasteiger partial charge on any atom is 0.273 e. The number of carbonyl (C=O) groups is 2. The zero-order valence-electron chi connectivity index (χ0n) is 15.2. The minimum absolute atomic E-state index is 0.0197. The van der Waals surface area contributed by atoms with Gasteiger partial charge in [0.25, 0.3) is 5.91 Å². The second-order valence-electron chi connectivity index (χ2n) is 6.55. The minimum atomic E-state index is -0.307. The Bertz CT molecular complexity index is 793. The van der Waals surface area contributed by atoms with Gasteiger partial charge in [0.2, 0.25) is 5.91 Å². The number of nitrogens with one attached hydrogen (secondary N) is 2. The lowest BCUT2D eigenvalue weighted by atomic mass is 9.97. The number of hydrogen-bond donors (Lipinski definition) is 2. The SMILES string of the molecule is CCCNC(=O)C1CCCN(C(=O)c2csc(Nc3ccc(F)cc3)n2)C1. The number of nitrogens with zero attached hydrogens (tertiary/aromatic N) is 2. The number of rotatable bonds is 6. The molecule has 6 nitrogen and oxygen atoms in total. The van der Waals surface area contributed by atoms with Crippen molar-refractivity contribution in [2.75, 3.05) is 25.0 Å². The lowest BCUT2D eigenvalue weighted by Gasteiger charge is -2.31. The van der Waals surface area contributed by atoms with Crippen LogP contribution in [0.3, 0.4) is 0 Å². The Labute approximate surface area is 161 Å². The van der Waals surface area contributed by atoms with Crippen LogP contribution in [0.25, 0.3) is 0 Å². The van der Waals surface area contributed by atoms with Gasteiger partial charge >= 0.3 is 0 Å². The molecule has 1 aliphatic heterocycles. The monoisotopic (exact) mass is 390 g/mol. The van der Waals surface area contributed by atoms with E-state index in [2.05, 4.69) is 15.6 Å². The summed E-state index contributed by atoms with van der Waals surface area (Å²) >= 11 is 1.32. The molecule has 1 aromatic heterocycles. The Kier molecular flexibility index (Phi) is 6.39. The van der Waals surface area contributed by atoms with Crippen molar-refractivity contribution in [3.05, 3.63) is 41.2 Å². The summed E-state index contributed by atoms with van der Waals surface area (Å²) in [6.45, 7) is 3.73. The number of likely N-dealkylation sites (tertiary alicyclic amines) is 1. The Hall–Kier alpha value is -2.48. The molecule has 1 saturated heterocycles. The Balaban J connectivity index is 1.61. The van der Waals surface area contributed by atoms with Gasteiger partial charge in [-0.3, -0.25) is 9.59 Å². The van der Waals surface area contributed by atoms with E-state index in [9.17, 15) is 14.0 Å². The molecule has 8 heteroatoms. The number of amides is 2. The summed E-state index contributed by atoms with van der Waals surface area (Å²) < 4.78 is 13.0. The van der Waals surface area contributed by atoms with Gasteiger partial charge in [-0.2, -0.15) is 0 Å². The van der Waals surface area contributed by atoms with Gasteiger partial charge in [0, 0.05) is 30.7 Å². The highest BCUT2D eigenvalue weighted by Crippen LogP contribution is 2.24. The lowest BCUT2D eigenvalue weighted by molar-refractivity contribution is -0.126. The molecule has 1 unspecified atom stereocenters. The number of anilines is 2. The predicted molar refractivity (Wildman–Crippen MR) is 104 cm³/mol. The molecule has 27 heavy (non-hydrogen) atoms. The van der Waals surface area contributed by atoms with E-state index in [1.807, 2.05) is 6.92 Å². The zero-order valence-corrected chi connectivity index (χ0v) is 16.0. The minimum Gasteiger partial charge on any atom is -0.356 e. The van der Waals surface area contributed by atoms with E-state index in [4.69, 9.17) is 0 Å². The van der Waals surface area contributed by atoms with Crippen LogP contribution in [0, 0.1) is 11.7 Å². The van der Waals surface area contributed by atoms with E-state index >= 15 is 0 Å². The van der Waals surface area contributed by atoms with E-state index < -0.39 is 0 Å². The Morgan fingerprint density at radius 1 is 1.33 bits per heavy atom. The van der Waals surface area contributed by atoms with Gasteiger partial charge in [0.1, 0.15) is 11.5 Å². The molecule has 2 aromatic rings. The van der Waals surface area contributed by atoms with Crippen LogP contribution in [-0.2, 0) is 4.79 Å². The fraction of sp³-hybridized carbons (Fsp3) is 0.421. The van der Waals surface area contributed by atoms with Gasteiger partial charge in [0.05, 0.1) is 5.92 Å².